The van der Waals surface area contributed by atoms with Crippen molar-refractivity contribution in [1.82, 2.24) is 19.9 Å². The lowest BCUT2D eigenvalue weighted by molar-refractivity contribution is 1.04. The third-order valence-electron chi connectivity index (χ3n) is 2.44. The first-order valence-electron chi connectivity index (χ1n) is 5.23. The molecule has 3 aromatic heterocycles. The van der Waals surface area contributed by atoms with Crippen molar-refractivity contribution >= 4 is 22.5 Å². The lowest BCUT2D eigenvalue weighted by Crippen LogP contribution is -1.94. The zero-order valence-electron chi connectivity index (χ0n) is 9.27. The molecule has 0 saturated heterocycles. The van der Waals surface area contributed by atoms with E-state index in [4.69, 9.17) is 5.73 Å². The normalized spacial score (nSPS) is 11.2. The summed E-state index contributed by atoms with van der Waals surface area (Å²) in [6, 6.07) is 2.02. The van der Waals surface area contributed by atoms with E-state index < -0.39 is 0 Å². The zero-order valence-corrected chi connectivity index (χ0v) is 10.1. The first kappa shape index (κ1) is 10.4. The summed E-state index contributed by atoms with van der Waals surface area (Å²) in [6.07, 6.45) is 1.80. The van der Waals surface area contributed by atoms with Crippen molar-refractivity contribution in [3.05, 3.63) is 28.2 Å². The van der Waals surface area contributed by atoms with Crippen LogP contribution in [0.25, 0.3) is 22.7 Å². The number of aromatic amines is 1. The standard InChI is InChI=1S/C11H11N5S/c1-6-2-7-10(13-4-6)16-11(15-7)8-5-17-9(3-12)14-8/h2,4-5H,3,12H2,1H3,(H,13,15,16). The van der Waals surface area contributed by atoms with Gasteiger partial charge in [-0.1, -0.05) is 0 Å². The van der Waals surface area contributed by atoms with Crippen molar-refractivity contribution in [2.75, 3.05) is 0 Å². The van der Waals surface area contributed by atoms with Gasteiger partial charge in [0.2, 0.25) is 0 Å². The fourth-order valence-electron chi connectivity index (χ4n) is 1.64. The molecule has 0 amide bonds. The molecule has 6 heteroatoms. The van der Waals surface area contributed by atoms with Gasteiger partial charge in [-0.05, 0) is 18.6 Å². The Kier molecular flexibility index (Phi) is 2.38. The summed E-state index contributed by atoms with van der Waals surface area (Å²) in [7, 11) is 0. The van der Waals surface area contributed by atoms with Gasteiger partial charge in [0.1, 0.15) is 10.7 Å². The highest BCUT2D eigenvalue weighted by Gasteiger charge is 2.09. The number of nitrogens with one attached hydrogen (secondary N) is 1. The van der Waals surface area contributed by atoms with Gasteiger partial charge in [0.15, 0.2) is 11.5 Å². The third kappa shape index (κ3) is 1.81. The first-order valence-corrected chi connectivity index (χ1v) is 6.11. The van der Waals surface area contributed by atoms with E-state index in [1.165, 1.54) is 0 Å². The summed E-state index contributed by atoms with van der Waals surface area (Å²) in [6.45, 7) is 2.46. The van der Waals surface area contributed by atoms with Gasteiger partial charge in [0, 0.05) is 18.1 Å². The molecule has 3 aromatic rings. The Balaban J connectivity index is 2.11. The molecule has 3 heterocycles. The number of hydrogen-bond donors (Lipinski definition) is 2. The molecule has 0 aromatic carbocycles. The Morgan fingerprint density at radius 1 is 1.41 bits per heavy atom. The third-order valence-corrected chi connectivity index (χ3v) is 3.31. The minimum atomic E-state index is 0.461. The Morgan fingerprint density at radius 2 is 2.29 bits per heavy atom. The van der Waals surface area contributed by atoms with E-state index in [1.54, 1.807) is 17.5 Å². The summed E-state index contributed by atoms with van der Waals surface area (Å²) in [5, 5.41) is 2.86. The van der Waals surface area contributed by atoms with Crippen LogP contribution in [0.2, 0.25) is 0 Å². The fourth-order valence-corrected chi connectivity index (χ4v) is 2.30. The number of thiazole rings is 1. The molecule has 86 valence electrons. The van der Waals surface area contributed by atoms with Crippen LogP contribution in [0.15, 0.2) is 17.6 Å². The minimum absolute atomic E-state index is 0.461. The van der Waals surface area contributed by atoms with Gasteiger partial charge >= 0.3 is 0 Å². The first-order chi connectivity index (χ1) is 8.26. The van der Waals surface area contributed by atoms with E-state index in [1.807, 2.05) is 18.4 Å². The Labute approximate surface area is 102 Å². The van der Waals surface area contributed by atoms with Gasteiger partial charge in [-0.15, -0.1) is 11.3 Å². The average Bonchev–Trinajstić information content (AvgIpc) is 2.93. The molecule has 17 heavy (non-hydrogen) atoms. The monoisotopic (exact) mass is 245 g/mol. The van der Waals surface area contributed by atoms with E-state index >= 15 is 0 Å². The number of imidazole rings is 1. The fraction of sp³-hybridized carbons (Fsp3) is 0.182. The molecule has 0 aliphatic rings. The van der Waals surface area contributed by atoms with Crippen LogP contribution in [-0.4, -0.2) is 19.9 Å². The lowest BCUT2D eigenvalue weighted by atomic mass is 10.3. The van der Waals surface area contributed by atoms with Crippen LogP contribution in [0.3, 0.4) is 0 Å². The molecular weight excluding hydrogens is 234 g/mol. The molecule has 0 saturated carbocycles. The van der Waals surface area contributed by atoms with Crippen LogP contribution in [0.1, 0.15) is 10.6 Å². The van der Waals surface area contributed by atoms with E-state index in [2.05, 4.69) is 19.9 Å². The Bertz CT molecular complexity index is 669. The van der Waals surface area contributed by atoms with Crippen LogP contribution in [0.4, 0.5) is 0 Å². The summed E-state index contributed by atoms with van der Waals surface area (Å²) < 4.78 is 0. The maximum atomic E-state index is 5.54. The van der Waals surface area contributed by atoms with Crippen molar-refractivity contribution in [2.24, 2.45) is 5.73 Å². The number of aryl methyl sites for hydroxylation is 1. The van der Waals surface area contributed by atoms with E-state index in [9.17, 15) is 0 Å². The van der Waals surface area contributed by atoms with Crippen LogP contribution in [0, 0.1) is 6.92 Å². The minimum Gasteiger partial charge on any atom is -0.335 e. The van der Waals surface area contributed by atoms with Crippen molar-refractivity contribution in [3.8, 4) is 11.5 Å². The van der Waals surface area contributed by atoms with Gasteiger partial charge in [0.05, 0.1) is 5.52 Å². The van der Waals surface area contributed by atoms with Crippen LogP contribution in [-0.2, 0) is 6.54 Å². The highest BCUT2D eigenvalue weighted by atomic mass is 32.1. The predicted molar refractivity (Wildman–Crippen MR) is 67.6 cm³/mol. The number of hydrogen-bond acceptors (Lipinski definition) is 5. The van der Waals surface area contributed by atoms with Crippen molar-refractivity contribution in [2.45, 2.75) is 13.5 Å². The molecule has 0 aliphatic heterocycles. The van der Waals surface area contributed by atoms with Gasteiger partial charge in [-0.2, -0.15) is 0 Å². The van der Waals surface area contributed by atoms with Crippen LogP contribution in [0.5, 0.6) is 0 Å². The highest BCUT2D eigenvalue weighted by Crippen LogP contribution is 2.21. The molecule has 5 nitrogen and oxygen atoms in total. The number of aromatic nitrogens is 4. The summed E-state index contributed by atoms with van der Waals surface area (Å²) >= 11 is 1.54. The van der Waals surface area contributed by atoms with Crippen molar-refractivity contribution < 1.29 is 0 Å². The maximum Gasteiger partial charge on any atom is 0.178 e. The van der Waals surface area contributed by atoms with Crippen LogP contribution < -0.4 is 5.73 Å². The SMILES string of the molecule is Cc1cnc2nc(-c3csc(CN)n3)[nH]c2c1. The van der Waals surface area contributed by atoms with E-state index in [-0.39, 0.29) is 0 Å². The topological polar surface area (TPSA) is 80.5 Å². The number of nitrogens with zero attached hydrogens (tertiary/aromatic N) is 3. The lowest BCUT2D eigenvalue weighted by Gasteiger charge is -1.88. The van der Waals surface area contributed by atoms with Crippen molar-refractivity contribution in [1.29, 1.82) is 0 Å². The second kappa shape index (κ2) is 3.90. The molecule has 3 rings (SSSR count). The van der Waals surface area contributed by atoms with Gasteiger partial charge in [-0.3, -0.25) is 0 Å². The number of H-pyrrole nitrogens is 1. The van der Waals surface area contributed by atoms with Gasteiger partial charge < -0.3 is 10.7 Å². The molecule has 0 bridgehead atoms. The molecular formula is C11H11N5S. The molecule has 0 spiro atoms. The maximum absolute atomic E-state index is 5.54. The molecule has 3 N–H and O–H groups in total. The number of nitrogens with two attached hydrogens (primary N) is 1. The van der Waals surface area contributed by atoms with Gasteiger partial charge in [-0.25, -0.2) is 15.0 Å². The predicted octanol–water partition coefficient (Wildman–Crippen LogP) is 1.85. The van der Waals surface area contributed by atoms with E-state index in [0.717, 1.165) is 27.6 Å². The molecule has 0 fully saturated rings. The smallest absolute Gasteiger partial charge is 0.178 e. The number of rotatable bonds is 2. The van der Waals surface area contributed by atoms with Crippen molar-refractivity contribution in [3.63, 3.8) is 0 Å². The Morgan fingerprint density at radius 3 is 3.06 bits per heavy atom. The average molecular weight is 245 g/mol. The zero-order chi connectivity index (χ0) is 11.8. The number of pyridine rings is 1. The molecule has 0 aliphatic carbocycles. The summed E-state index contributed by atoms with van der Waals surface area (Å²) in [4.78, 5) is 16.3. The second-order valence-electron chi connectivity index (χ2n) is 3.80. The second-order valence-corrected chi connectivity index (χ2v) is 4.74. The number of fused-ring (bicyclic) bond motifs is 1. The highest BCUT2D eigenvalue weighted by molar-refractivity contribution is 7.09. The quantitative estimate of drug-likeness (QED) is 0.722. The van der Waals surface area contributed by atoms with Gasteiger partial charge in [0.25, 0.3) is 0 Å². The summed E-state index contributed by atoms with van der Waals surface area (Å²) in [5.41, 5.74) is 9.12. The largest absolute Gasteiger partial charge is 0.335 e. The van der Waals surface area contributed by atoms with E-state index in [0.29, 0.717) is 12.2 Å². The Hall–Kier alpha value is -1.79. The van der Waals surface area contributed by atoms with Crippen LogP contribution >= 0.6 is 11.3 Å². The molecule has 0 radical (unpaired) electrons. The molecule has 0 atom stereocenters. The summed E-state index contributed by atoms with van der Waals surface area (Å²) in [5.74, 6) is 0.744. The molecule has 0 unspecified atom stereocenters.